The molecule has 0 fully saturated rings. The molecule has 1 unspecified atom stereocenters. The zero-order chi connectivity index (χ0) is 22.4. The minimum atomic E-state index is -0.537. The van der Waals surface area contributed by atoms with Gasteiger partial charge in [-0.2, -0.15) is 0 Å². The van der Waals surface area contributed by atoms with Gasteiger partial charge in [0.25, 0.3) is 11.6 Å². The SMILES string of the molecule is CCC(NC(=O)c1ccc(NCc2ncc(Cl)cc2Cl)c([N+](=O)[O-])c1)c1ccccc1. The lowest BCUT2D eigenvalue weighted by Crippen LogP contribution is -2.28. The zero-order valence-corrected chi connectivity index (χ0v) is 18.2. The first kappa shape index (κ1) is 22.5. The molecule has 0 bridgehead atoms. The highest BCUT2D eigenvalue weighted by Crippen LogP contribution is 2.28. The van der Waals surface area contributed by atoms with Crippen molar-refractivity contribution in [2.24, 2.45) is 0 Å². The molecule has 0 saturated heterocycles. The van der Waals surface area contributed by atoms with E-state index in [9.17, 15) is 14.9 Å². The van der Waals surface area contributed by atoms with Crippen LogP contribution >= 0.6 is 23.2 Å². The van der Waals surface area contributed by atoms with Gasteiger partial charge in [0.15, 0.2) is 0 Å². The van der Waals surface area contributed by atoms with E-state index in [1.807, 2.05) is 37.3 Å². The number of carbonyl (C=O) groups excluding carboxylic acids is 1. The predicted octanol–water partition coefficient (Wildman–Crippen LogP) is 5.79. The quantitative estimate of drug-likeness (QED) is 0.328. The summed E-state index contributed by atoms with van der Waals surface area (Å²) in [6.07, 6.45) is 2.13. The number of aromatic nitrogens is 1. The van der Waals surface area contributed by atoms with Crippen molar-refractivity contribution in [3.05, 3.63) is 97.8 Å². The highest BCUT2D eigenvalue weighted by molar-refractivity contribution is 6.34. The molecule has 0 aliphatic carbocycles. The molecular weight excluding hydrogens is 439 g/mol. The highest BCUT2D eigenvalue weighted by Gasteiger charge is 2.20. The maximum Gasteiger partial charge on any atom is 0.293 e. The molecule has 2 aromatic carbocycles. The highest BCUT2D eigenvalue weighted by atomic mass is 35.5. The summed E-state index contributed by atoms with van der Waals surface area (Å²) >= 11 is 11.9. The summed E-state index contributed by atoms with van der Waals surface area (Å²) < 4.78 is 0. The van der Waals surface area contributed by atoms with Crippen LogP contribution in [0.1, 0.15) is 41.0 Å². The van der Waals surface area contributed by atoms with Crippen LogP contribution in [0.15, 0.2) is 60.8 Å². The molecule has 3 aromatic rings. The first-order chi connectivity index (χ1) is 14.9. The van der Waals surface area contributed by atoms with Gasteiger partial charge in [-0.25, -0.2) is 0 Å². The summed E-state index contributed by atoms with van der Waals surface area (Å²) in [5, 5.41) is 18.2. The van der Waals surface area contributed by atoms with Gasteiger partial charge in [-0.05, 0) is 30.2 Å². The number of rotatable bonds is 8. The Hall–Kier alpha value is -3.16. The molecule has 1 amide bonds. The number of nitro groups is 1. The second kappa shape index (κ2) is 10.2. The molecule has 0 aliphatic heterocycles. The van der Waals surface area contributed by atoms with E-state index in [1.54, 1.807) is 12.1 Å². The van der Waals surface area contributed by atoms with Crippen molar-refractivity contribution in [3.63, 3.8) is 0 Å². The van der Waals surface area contributed by atoms with Gasteiger partial charge in [-0.1, -0.05) is 60.5 Å². The molecule has 31 heavy (non-hydrogen) atoms. The number of hydrogen-bond donors (Lipinski definition) is 2. The van der Waals surface area contributed by atoms with Gasteiger partial charge in [0.05, 0.1) is 33.2 Å². The fourth-order valence-corrected chi connectivity index (χ4v) is 3.52. The molecule has 2 N–H and O–H groups in total. The van der Waals surface area contributed by atoms with Crippen LogP contribution < -0.4 is 10.6 Å². The van der Waals surface area contributed by atoms with E-state index >= 15 is 0 Å². The molecule has 1 aromatic heterocycles. The van der Waals surface area contributed by atoms with Gasteiger partial charge in [0, 0.05) is 17.8 Å². The third-order valence-corrected chi connectivity index (χ3v) is 5.24. The first-order valence-electron chi connectivity index (χ1n) is 9.57. The average Bonchev–Trinajstić information content (AvgIpc) is 2.77. The number of pyridine rings is 1. The van der Waals surface area contributed by atoms with Crippen LogP contribution in [0.2, 0.25) is 10.0 Å². The Morgan fingerprint density at radius 2 is 1.90 bits per heavy atom. The van der Waals surface area contributed by atoms with Crippen molar-refractivity contribution in [1.82, 2.24) is 10.3 Å². The van der Waals surface area contributed by atoms with Crippen LogP contribution in [0.5, 0.6) is 0 Å². The Kier molecular flexibility index (Phi) is 7.44. The number of nitro benzene ring substituents is 1. The van der Waals surface area contributed by atoms with Gasteiger partial charge < -0.3 is 10.6 Å². The largest absolute Gasteiger partial charge is 0.374 e. The standard InChI is InChI=1S/C22H20Cl2N4O3/c1-2-18(14-6-4-3-5-7-14)27-22(29)15-8-9-19(21(10-15)28(30)31)26-13-20-17(24)11-16(23)12-25-20/h3-12,18,26H,2,13H2,1H3,(H,27,29). The van der Waals surface area contributed by atoms with Crippen LogP contribution in [-0.2, 0) is 6.54 Å². The van der Waals surface area contributed by atoms with E-state index in [1.165, 1.54) is 18.3 Å². The first-order valence-corrected chi connectivity index (χ1v) is 10.3. The smallest absolute Gasteiger partial charge is 0.293 e. The molecule has 3 rings (SSSR count). The van der Waals surface area contributed by atoms with Crippen LogP contribution in [-0.4, -0.2) is 15.8 Å². The maximum atomic E-state index is 12.7. The van der Waals surface area contributed by atoms with Crippen molar-refractivity contribution >= 4 is 40.5 Å². The van der Waals surface area contributed by atoms with Crippen molar-refractivity contribution in [2.75, 3.05) is 5.32 Å². The lowest BCUT2D eigenvalue weighted by atomic mass is 10.0. The maximum absolute atomic E-state index is 12.7. The van der Waals surface area contributed by atoms with Crippen LogP contribution in [0.3, 0.4) is 0 Å². The van der Waals surface area contributed by atoms with Crippen LogP contribution in [0.4, 0.5) is 11.4 Å². The number of nitrogens with one attached hydrogen (secondary N) is 2. The fourth-order valence-electron chi connectivity index (χ4n) is 3.07. The predicted molar refractivity (Wildman–Crippen MR) is 122 cm³/mol. The zero-order valence-electron chi connectivity index (χ0n) is 16.6. The Balaban J connectivity index is 1.77. The number of benzene rings is 2. The number of nitrogens with zero attached hydrogens (tertiary/aromatic N) is 2. The molecule has 1 atom stereocenters. The normalized spacial score (nSPS) is 11.6. The molecule has 160 valence electrons. The number of anilines is 1. The summed E-state index contributed by atoms with van der Waals surface area (Å²) in [6, 6.07) is 15.2. The lowest BCUT2D eigenvalue weighted by molar-refractivity contribution is -0.384. The van der Waals surface area contributed by atoms with E-state index < -0.39 is 4.92 Å². The van der Waals surface area contributed by atoms with Crippen molar-refractivity contribution < 1.29 is 9.72 Å². The summed E-state index contributed by atoms with van der Waals surface area (Å²) in [4.78, 5) is 27.9. The Morgan fingerprint density at radius 3 is 2.55 bits per heavy atom. The Bertz CT molecular complexity index is 1090. The summed E-state index contributed by atoms with van der Waals surface area (Å²) in [5.41, 5.74) is 1.71. The molecule has 0 spiro atoms. The van der Waals surface area contributed by atoms with Gasteiger partial charge in [0.1, 0.15) is 5.69 Å². The van der Waals surface area contributed by atoms with E-state index in [4.69, 9.17) is 23.2 Å². The second-order valence-corrected chi connectivity index (χ2v) is 7.61. The lowest BCUT2D eigenvalue weighted by Gasteiger charge is -2.17. The van der Waals surface area contributed by atoms with Crippen LogP contribution in [0.25, 0.3) is 0 Å². The summed E-state index contributed by atoms with van der Waals surface area (Å²) in [6.45, 7) is 2.12. The van der Waals surface area contributed by atoms with Crippen molar-refractivity contribution in [1.29, 1.82) is 0 Å². The Morgan fingerprint density at radius 1 is 1.16 bits per heavy atom. The molecular formula is C22H20Cl2N4O3. The number of amides is 1. The number of halogens is 2. The van der Waals surface area contributed by atoms with E-state index in [0.29, 0.717) is 22.2 Å². The monoisotopic (exact) mass is 458 g/mol. The molecule has 0 radical (unpaired) electrons. The molecule has 0 aliphatic rings. The molecule has 9 heteroatoms. The van der Waals surface area contributed by atoms with E-state index in [0.717, 1.165) is 5.56 Å². The number of carbonyl (C=O) groups is 1. The molecule has 0 saturated carbocycles. The fraction of sp³-hybridized carbons (Fsp3) is 0.182. The minimum absolute atomic E-state index is 0.161. The topological polar surface area (TPSA) is 97.2 Å². The van der Waals surface area contributed by atoms with Crippen molar-refractivity contribution in [2.45, 2.75) is 25.9 Å². The van der Waals surface area contributed by atoms with Crippen LogP contribution in [0, 0.1) is 10.1 Å². The average molecular weight is 459 g/mol. The molecule has 7 nitrogen and oxygen atoms in total. The van der Waals surface area contributed by atoms with E-state index in [2.05, 4.69) is 15.6 Å². The van der Waals surface area contributed by atoms with E-state index in [-0.39, 0.29) is 35.4 Å². The van der Waals surface area contributed by atoms with Gasteiger partial charge in [-0.15, -0.1) is 0 Å². The summed E-state index contributed by atoms with van der Waals surface area (Å²) in [5.74, 6) is -0.382. The second-order valence-electron chi connectivity index (χ2n) is 6.77. The van der Waals surface area contributed by atoms with Gasteiger partial charge >= 0.3 is 0 Å². The Labute approximate surface area is 189 Å². The third kappa shape index (κ3) is 5.71. The summed E-state index contributed by atoms with van der Waals surface area (Å²) in [7, 11) is 0. The van der Waals surface area contributed by atoms with Crippen molar-refractivity contribution in [3.8, 4) is 0 Å². The number of hydrogen-bond acceptors (Lipinski definition) is 5. The third-order valence-electron chi connectivity index (χ3n) is 4.70. The van der Waals surface area contributed by atoms with Gasteiger partial charge in [0.2, 0.25) is 0 Å². The van der Waals surface area contributed by atoms with Gasteiger partial charge in [-0.3, -0.25) is 19.9 Å². The molecule has 1 heterocycles. The minimum Gasteiger partial charge on any atom is -0.374 e.